The van der Waals surface area contributed by atoms with Gasteiger partial charge in [0.1, 0.15) is 6.20 Å². The molecule has 0 aliphatic heterocycles. The van der Waals surface area contributed by atoms with Crippen molar-refractivity contribution in [3.8, 4) is 0 Å². The van der Waals surface area contributed by atoms with Crippen LogP contribution in [0.1, 0.15) is 13.3 Å². The summed E-state index contributed by atoms with van der Waals surface area (Å²) in [6.07, 6.45) is 7.15. The van der Waals surface area contributed by atoms with E-state index in [-0.39, 0.29) is 12.4 Å². The summed E-state index contributed by atoms with van der Waals surface area (Å²) in [4.78, 5) is 0. The van der Waals surface area contributed by atoms with Crippen LogP contribution in [0, 0.1) is 0 Å². The van der Waals surface area contributed by atoms with Crippen molar-refractivity contribution in [1.29, 1.82) is 0 Å². The lowest BCUT2D eigenvalue weighted by atomic mass is 10.5. The van der Waals surface area contributed by atoms with Crippen LogP contribution in [0.25, 0.3) is 0 Å². The van der Waals surface area contributed by atoms with Gasteiger partial charge >= 0.3 is 0 Å². The van der Waals surface area contributed by atoms with Crippen LogP contribution >= 0.6 is 0 Å². The summed E-state index contributed by atoms with van der Waals surface area (Å²) in [5.74, 6) is 0. The van der Waals surface area contributed by atoms with Crippen LogP contribution in [0.5, 0.6) is 0 Å². The predicted molar refractivity (Wildman–Crippen MR) is 40.1 cm³/mol. The van der Waals surface area contributed by atoms with E-state index in [2.05, 4.69) is 12.3 Å². The predicted octanol–water partition coefficient (Wildman–Crippen LogP) is -2.73. The van der Waals surface area contributed by atoms with E-state index in [1.54, 1.807) is 0 Å². The molecular formula is C7H14ClN3. The molecule has 1 heterocycles. The van der Waals surface area contributed by atoms with Gasteiger partial charge in [0, 0.05) is 0 Å². The van der Waals surface area contributed by atoms with Crippen LogP contribution in [-0.2, 0) is 7.05 Å². The summed E-state index contributed by atoms with van der Waals surface area (Å²) in [5.41, 5.74) is 3.21. The maximum absolute atomic E-state index is 3.21. The van der Waals surface area contributed by atoms with Gasteiger partial charge in [-0.05, 0) is 6.42 Å². The summed E-state index contributed by atoms with van der Waals surface area (Å²) < 4.78 is 3.96. The number of hydrogen-bond acceptors (Lipinski definition) is 1. The maximum atomic E-state index is 3.21. The van der Waals surface area contributed by atoms with Crippen molar-refractivity contribution in [3.05, 3.63) is 18.7 Å². The molecule has 0 spiro atoms. The molecule has 1 aromatic rings. The standard InChI is InChI=1S/C7H14N3.ClH/c1-3-4-8-10-6-5-9(2)7-10;/h5-8H,3-4H2,1-2H3;1H/q+1;/p-1. The average molecular weight is 176 g/mol. The van der Waals surface area contributed by atoms with E-state index >= 15 is 0 Å². The molecule has 0 amide bonds. The minimum Gasteiger partial charge on any atom is -1.00 e. The number of halogens is 1. The molecule has 0 aliphatic carbocycles. The van der Waals surface area contributed by atoms with Gasteiger partial charge in [-0.2, -0.15) is 0 Å². The Morgan fingerprint density at radius 2 is 2.27 bits per heavy atom. The lowest BCUT2D eigenvalue weighted by Gasteiger charge is -1.95. The number of nitrogens with one attached hydrogen (secondary N) is 1. The van der Waals surface area contributed by atoms with Gasteiger partial charge < -0.3 is 12.4 Å². The van der Waals surface area contributed by atoms with Gasteiger partial charge in [-0.1, -0.05) is 6.92 Å². The van der Waals surface area contributed by atoms with Crippen LogP contribution in [0.2, 0.25) is 0 Å². The highest BCUT2D eigenvalue weighted by molar-refractivity contribution is 4.73. The highest BCUT2D eigenvalue weighted by Crippen LogP contribution is 1.78. The monoisotopic (exact) mass is 175 g/mol. The fraction of sp³-hybridized carbons (Fsp3) is 0.571. The summed E-state index contributed by atoms with van der Waals surface area (Å²) in [6.45, 7) is 3.17. The third-order valence-corrected chi connectivity index (χ3v) is 1.31. The normalized spacial score (nSPS) is 8.91. The van der Waals surface area contributed by atoms with Gasteiger partial charge in [0.05, 0.1) is 13.6 Å². The second-order valence-corrected chi connectivity index (χ2v) is 2.39. The van der Waals surface area contributed by atoms with E-state index in [0.717, 1.165) is 13.0 Å². The SMILES string of the molecule is CCCNn1cc[n+](C)c1.[Cl-]. The molecule has 0 fully saturated rings. The highest BCUT2D eigenvalue weighted by atomic mass is 35.5. The Hall–Kier alpha value is -0.700. The van der Waals surface area contributed by atoms with Crippen LogP contribution in [0.4, 0.5) is 0 Å². The quantitative estimate of drug-likeness (QED) is 0.495. The van der Waals surface area contributed by atoms with Crippen molar-refractivity contribution in [1.82, 2.24) is 4.68 Å². The topological polar surface area (TPSA) is 20.8 Å². The molecule has 64 valence electrons. The number of imidazole rings is 1. The van der Waals surface area contributed by atoms with Gasteiger partial charge in [0.2, 0.25) is 0 Å². The van der Waals surface area contributed by atoms with Gasteiger partial charge in [-0.25, -0.2) is 4.57 Å². The molecule has 0 radical (unpaired) electrons. The Balaban J connectivity index is 0.000001000. The Kier molecular flexibility index (Phi) is 4.70. The van der Waals surface area contributed by atoms with E-state index in [1.165, 1.54) is 0 Å². The Morgan fingerprint density at radius 1 is 1.55 bits per heavy atom. The van der Waals surface area contributed by atoms with Gasteiger partial charge in [-0.15, -0.1) is 4.68 Å². The van der Waals surface area contributed by atoms with Crippen LogP contribution in [-0.4, -0.2) is 11.2 Å². The van der Waals surface area contributed by atoms with E-state index in [0.29, 0.717) is 0 Å². The molecule has 11 heavy (non-hydrogen) atoms. The smallest absolute Gasteiger partial charge is 0.266 e. The molecule has 4 heteroatoms. The lowest BCUT2D eigenvalue weighted by Crippen LogP contribution is -3.00. The molecule has 3 nitrogen and oxygen atoms in total. The summed E-state index contributed by atoms with van der Waals surface area (Å²) in [5, 5.41) is 0. The first kappa shape index (κ1) is 10.3. The first-order chi connectivity index (χ1) is 4.83. The molecule has 1 N–H and O–H groups in total. The Labute approximate surface area is 73.4 Å². The minimum atomic E-state index is 0. The van der Waals surface area contributed by atoms with Crippen molar-refractivity contribution in [2.45, 2.75) is 13.3 Å². The molecule has 0 atom stereocenters. The maximum Gasteiger partial charge on any atom is 0.266 e. The van der Waals surface area contributed by atoms with E-state index < -0.39 is 0 Å². The molecule has 0 unspecified atom stereocenters. The third kappa shape index (κ3) is 3.28. The second-order valence-electron chi connectivity index (χ2n) is 2.39. The lowest BCUT2D eigenvalue weighted by molar-refractivity contribution is -0.670. The number of nitrogens with zero attached hydrogens (tertiary/aromatic N) is 2. The largest absolute Gasteiger partial charge is 1.00 e. The molecule has 0 saturated carbocycles. The van der Waals surface area contributed by atoms with Crippen molar-refractivity contribution in [2.24, 2.45) is 7.05 Å². The Morgan fingerprint density at radius 3 is 2.73 bits per heavy atom. The zero-order valence-electron chi connectivity index (χ0n) is 6.92. The van der Waals surface area contributed by atoms with Crippen LogP contribution in [0.3, 0.4) is 0 Å². The molecule has 1 rings (SSSR count). The number of rotatable bonds is 3. The van der Waals surface area contributed by atoms with Crippen molar-refractivity contribution >= 4 is 0 Å². The molecule has 0 aliphatic rings. The first-order valence-corrected chi connectivity index (χ1v) is 3.60. The van der Waals surface area contributed by atoms with E-state index in [1.807, 2.05) is 35.0 Å². The van der Waals surface area contributed by atoms with Crippen LogP contribution in [0.15, 0.2) is 18.7 Å². The first-order valence-electron chi connectivity index (χ1n) is 3.60. The number of aromatic nitrogens is 2. The zero-order chi connectivity index (χ0) is 7.40. The molecule has 1 aromatic heterocycles. The fourth-order valence-corrected chi connectivity index (χ4v) is 0.785. The van der Waals surface area contributed by atoms with Crippen LogP contribution < -0.4 is 22.4 Å². The number of aryl methyl sites for hydroxylation is 1. The third-order valence-electron chi connectivity index (χ3n) is 1.31. The van der Waals surface area contributed by atoms with E-state index in [4.69, 9.17) is 0 Å². The minimum absolute atomic E-state index is 0. The Bertz CT molecular complexity index is 197. The van der Waals surface area contributed by atoms with Gasteiger partial charge in [0.25, 0.3) is 6.33 Å². The summed E-state index contributed by atoms with van der Waals surface area (Å²) in [6, 6.07) is 0. The molecular weight excluding hydrogens is 162 g/mol. The van der Waals surface area contributed by atoms with Crippen molar-refractivity contribution in [3.63, 3.8) is 0 Å². The van der Waals surface area contributed by atoms with Crippen molar-refractivity contribution < 1.29 is 17.0 Å². The molecule has 0 saturated heterocycles. The van der Waals surface area contributed by atoms with Gasteiger partial charge in [-0.3, -0.25) is 5.43 Å². The number of hydrogen-bond donors (Lipinski definition) is 1. The zero-order valence-corrected chi connectivity index (χ0v) is 7.67. The fourth-order valence-electron chi connectivity index (χ4n) is 0.785. The second kappa shape index (κ2) is 5.02. The molecule has 0 bridgehead atoms. The highest BCUT2D eigenvalue weighted by Gasteiger charge is 1.95. The van der Waals surface area contributed by atoms with Crippen molar-refractivity contribution in [2.75, 3.05) is 12.0 Å². The summed E-state index contributed by atoms with van der Waals surface area (Å²) in [7, 11) is 2.00. The average Bonchev–Trinajstić information content (AvgIpc) is 2.31. The van der Waals surface area contributed by atoms with Gasteiger partial charge in [0.15, 0.2) is 6.20 Å². The summed E-state index contributed by atoms with van der Waals surface area (Å²) >= 11 is 0. The molecule has 0 aromatic carbocycles. The van der Waals surface area contributed by atoms with E-state index in [9.17, 15) is 0 Å².